The zero-order chi connectivity index (χ0) is 18.7. The molecule has 140 valence electrons. The highest BCUT2D eigenvalue weighted by Crippen LogP contribution is 2.27. The van der Waals surface area contributed by atoms with E-state index in [1.807, 2.05) is 11.8 Å². The van der Waals surface area contributed by atoms with Crippen molar-refractivity contribution in [2.45, 2.75) is 38.6 Å². The summed E-state index contributed by atoms with van der Waals surface area (Å²) in [5.41, 5.74) is 0.636. The zero-order valence-electron chi connectivity index (χ0n) is 14.9. The van der Waals surface area contributed by atoms with Crippen LogP contribution in [0.1, 0.15) is 43.0 Å². The van der Waals surface area contributed by atoms with Crippen LogP contribution < -0.4 is 5.32 Å². The first kappa shape index (κ1) is 18.2. The third-order valence-electron chi connectivity index (χ3n) is 5.03. The normalized spacial score (nSPS) is 19.7. The highest BCUT2D eigenvalue weighted by molar-refractivity contribution is 5.99. The molecule has 1 N–H and O–H groups in total. The lowest BCUT2D eigenvalue weighted by molar-refractivity contribution is -0.385. The van der Waals surface area contributed by atoms with Gasteiger partial charge in [-0.2, -0.15) is 0 Å². The summed E-state index contributed by atoms with van der Waals surface area (Å²) in [5, 5.41) is 14.6. The number of benzene rings is 1. The van der Waals surface area contributed by atoms with E-state index >= 15 is 0 Å². The van der Waals surface area contributed by atoms with Crippen molar-refractivity contribution in [3.05, 3.63) is 33.9 Å². The molecule has 0 saturated carbocycles. The maximum absolute atomic E-state index is 12.7. The minimum atomic E-state index is -0.510. The number of hydrogen-bond acceptors (Lipinski definition) is 5. The lowest BCUT2D eigenvalue weighted by Crippen LogP contribution is -2.31. The van der Waals surface area contributed by atoms with Crippen molar-refractivity contribution in [3.8, 4) is 0 Å². The van der Waals surface area contributed by atoms with Crippen LogP contribution in [0.2, 0.25) is 0 Å². The molecule has 1 atom stereocenters. The van der Waals surface area contributed by atoms with Crippen LogP contribution in [0.4, 0.5) is 11.4 Å². The minimum Gasteiger partial charge on any atom is -0.380 e. The van der Waals surface area contributed by atoms with Gasteiger partial charge >= 0.3 is 0 Å². The Morgan fingerprint density at radius 1 is 1.23 bits per heavy atom. The molecule has 8 heteroatoms. The molecule has 2 aliphatic rings. The van der Waals surface area contributed by atoms with Gasteiger partial charge in [-0.05, 0) is 31.4 Å². The van der Waals surface area contributed by atoms with Gasteiger partial charge in [0.05, 0.1) is 4.92 Å². The van der Waals surface area contributed by atoms with E-state index in [4.69, 9.17) is 0 Å². The molecule has 2 amide bonds. The van der Waals surface area contributed by atoms with E-state index < -0.39 is 4.92 Å². The number of carbonyl (C=O) groups excluding carboxylic acids is 2. The van der Waals surface area contributed by atoms with Crippen molar-refractivity contribution in [2.75, 3.05) is 31.5 Å². The first-order valence-corrected chi connectivity index (χ1v) is 9.11. The highest BCUT2D eigenvalue weighted by atomic mass is 16.6. The summed E-state index contributed by atoms with van der Waals surface area (Å²) in [5.74, 6) is -0.157. The van der Waals surface area contributed by atoms with Crippen LogP contribution in [-0.2, 0) is 4.79 Å². The standard InChI is InChI=1S/C18H24N4O4/c1-2-17(23)21-10-7-14(12-21)19-13-5-6-16(22(25)26)15(11-13)18(24)20-8-3-4-9-20/h5-6,11,14,19H,2-4,7-10,12H2,1H3. The number of hydrogen-bond donors (Lipinski definition) is 1. The fourth-order valence-corrected chi connectivity index (χ4v) is 3.61. The summed E-state index contributed by atoms with van der Waals surface area (Å²) in [7, 11) is 0. The van der Waals surface area contributed by atoms with E-state index in [9.17, 15) is 19.7 Å². The second kappa shape index (κ2) is 7.72. The molecule has 0 spiro atoms. The number of rotatable bonds is 5. The van der Waals surface area contributed by atoms with Gasteiger partial charge in [-0.15, -0.1) is 0 Å². The SMILES string of the molecule is CCC(=O)N1CCC(Nc2ccc([N+](=O)[O-])c(C(=O)N3CCCC3)c2)C1. The summed E-state index contributed by atoms with van der Waals surface area (Å²) in [4.78, 5) is 38.8. The van der Waals surface area contributed by atoms with Gasteiger partial charge in [0.1, 0.15) is 5.56 Å². The van der Waals surface area contributed by atoms with Crippen molar-refractivity contribution < 1.29 is 14.5 Å². The molecule has 8 nitrogen and oxygen atoms in total. The van der Waals surface area contributed by atoms with Crippen LogP contribution in [0.25, 0.3) is 0 Å². The van der Waals surface area contributed by atoms with Crippen molar-refractivity contribution in [2.24, 2.45) is 0 Å². The number of likely N-dealkylation sites (tertiary alicyclic amines) is 2. The summed E-state index contributed by atoms with van der Waals surface area (Å²) < 4.78 is 0. The number of anilines is 1. The Balaban J connectivity index is 1.76. The third kappa shape index (κ3) is 3.79. The molecule has 3 rings (SSSR count). The van der Waals surface area contributed by atoms with Gasteiger partial charge in [0, 0.05) is 50.4 Å². The molecule has 0 bridgehead atoms. The Bertz CT molecular complexity index is 715. The van der Waals surface area contributed by atoms with Crippen LogP contribution in [0.15, 0.2) is 18.2 Å². The Labute approximate surface area is 152 Å². The number of amides is 2. The smallest absolute Gasteiger partial charge is 0.282 e. The molecule has 2 heterocycles. The maximum atomic E-state index is 12.7. The molecule has 2 saturated heterocycles. The van der Waals surface area contributed by atoms with E-state index in [0.29, 0.717) is 38.3 Å². The Hall–Kier alpha value is -2.64. The van der Waals surface area contributed by atoms with Crippen molar-refractivity contribution >= 4 is 23.2 Å². The first-order valence-electron chi connectivity index (χ1n) is 9.11. The van der Waals surface area contributed by atoms with Gasteiger partial charge in [0.15, 0.2) is 0 Å². The fraction of sp³-hybridized carbons (Fsp3) is 0.556. The molecule has 2 fully saturated rings. The van der Waals surface area contributed by atoms with Gasteiger partial charge in [-0.1, -0.05) is 6.92 Å². The third-order valence-corrected chi connectivity index (χ3v) is 5.03. The molecule has 0 radical (unpaired) electrons. The lowest BCUT2D eigenvalue weighted by Gasteiger charge is -2.19. The number of nitrogens with one attached hydrogen (secondary N) is 1. The van der Waals surface area contributed by atoms with Crippen LogP contribution in [0.5, 0.6) is 0 Å². The zero-order valence-corrected chi connectivity index (χ0v) is 14.9. The largest absolute Gasteiger partial charge is 0.380 e. The van der Waals surface area contributed by atoms with Crippen LogP contribution in [0.3, 0.4) is 0 Å². The monoisotopic (exact) mass is 360 g/mol. The van der Waals surface area contributed by atoms with E-state index in [1.165, 1.54) is 6.07 Å². The number of carbonyl (C=O) groups is 2. The highest BCUT2D eigenvalue weighted by Gasteiger charge is 2.29. The average molecular weight is 360 g/mol. The molecule has 1 unspecified atom stereocenters. The quantitative estimate of drug-likeness (QED) is 0.642. The number of nitro groups is 1. The predicted octanol–water partition coefficient (Wildman–Crippen LogP) is 2.25. The molecular weight excluding hydrogens is 336 g/mol. The number of nitro benzene ring substituents is 1. The second-order valence-corrected chi connectivity index (χ2v) is 6.81. The van der Waals surface area contributed by atoms with Gasteiger partial charge < -0.3 is 15.1 Å². The van der Waals surface area contributed by atoms with Gasteiger partial charge in [0.2, 0.25) is 5.91 Å². The van der Waals surface area contributed by atoms with Crippen LogP contribution in [-0.4, -0.2) is 58.8 Å². The molecule has 1 aromatic carbocycles. The van der Waals surface area contributed by atoms with E-state index in [1.54, 1.807) is 17.0 Å². The first-order chi connectivity index (χ1) is 12.5. The summed E-state index contributed by atoms with van der Waals surface area (Å²) >= 11 is 0. The fourth-order valence-electron chi connectivity index (χ4n) is 3.61. The molecule has 2 aliphatic heterocycles. The second-order valence-electron chi connectivity index (χ2n) is 6.81. The lowest BCUT2D eigenvalue weighted by atomic mass is 10.1. The Kier molecular flexibility index (Phi) is 5.39. The predicted molar refractivity (Wildman–Crippen MR) is 97.1 cm³/mol. The Morgan fingerprint density at radius 3 is 2.62 bits per heavy atom. The van der Waals surface area contributed by atoms with Gasteiger partial charge in [-0.25, -0.2) is 0 Å². The van der Waals surface area contributed by atoms with E-state index in [2.05, 4.69) is 5.32 Å². The van der Waals surface area contributed by atoms with E-state index in [-0.39, 0.29) is 29.1 Å². The van der Waals surface area contributed by atoms with Crippen molar-refractivity contribution in [1.29, 1.82) is 0 Å². The molecule has 0 aromatic heterocycles. The van der Waals surface area contributed by atoms with E-state index in [0.717, 1.165) is 19.3 Å². The average Bonchev–Trinajstić information content (AvgIpc) is 3.32. The van der Waals surface area contributed by atoms with Crippen LogP contribution in [0, 0.1) is 10.1 Å². The maximum Gasteiger partial charge on any atom is 0.282 e. The Morgan fingerprint density at radius 2 is 1.96 bits per heavy atom. The van der Waals surface area contributed by atoms with Crippen LogP contribution >= 0.6 is 0 Å². The number of nitrogens with zero attached hydrogens (tertiary/aromatic N) is 3. The molecular formula is C18H24N4O4. The molecule has 1 aromatic rings. The van der Waals surface area contributed by atoms with Crippen molar-refractivity contribution in [1.82, 2.24) is 9.80 Å². The molecule has 0 aliphatic carbocycles. The van der Waals surface area contributed by atoms with Gasteiger partial charge in [-0.3, -0.25) is 19.7 Å². The van der Waals surface area contributed by atoms with Gasteiger partial charge in [0.25, 0.3) is 11.6 Å². The summed E-state index contributed by atoms with van der Waals surface area (Å²) in [6, 6.07) is 4.67. The minimum absolute atomic E-state index is 0.0849. The summed E-state index contributed by atoms with van der Waals surface area (Å²) in [6.07, 6.45) is 3.17. The van der Waals surface area contributed by atoms with Crippen molar-refractivity contribution in [3.63, 3.8) is 0 Å². The topological polar surface area (TPSA) is 95.8 Å². The molecule has 26 heavy (non-hydrogen) atoms. The summed E-state index contributed by atoms with van der Waals surface area (Å²) in [6.45, 7) is 4.44.